The van der Waals surface area contributed by atoms with Gasteiger partial charge in [-0.05, 0) is 35.6 Å². The number of aryl methyl sites for hydroxylation is 1. The third kappa shape index (κ3) is 4.99. The molecule has 0 unspecified atom stereocenters. The highest BCUT2D eigenvalue weighted by atomic mass is 14.8. The number of unbranched alkanes of at least 4 members (excludes halogenated alkanes) is 4. The van der Waals surface area contributed by atoms with E-state index in [1.807, 2.05) is 6.07 Å². The normalized spacial score (nSPS) is 10.8. The first-order valence-corrected chi connectivity index (χ1v) is 9.33. The molecule has 2 heteroatoms. The van der Waals surface area contributed by atoms with Crippen LogP contribution in [-0.4, -0.2) is 9.97 Å². The molecule has 0 bridgehead atoms. The quantitative estimate of drug-likeness (QED) is 0.451. The Hall–Kier alpha value is -2.48. The summed E-state index contributed by atoms with van der Waals surface area (Å²) in [7, 11) is 0. The summed E-state index contributed by atoms with van der Waals surface area (Å²) in [6.45, 7) is 2.26. The molecule has 0 aliphatic rings. The van der Waals surface area contributed by atoms with Crippen LogP contribution in [0.5, 0.6) is 0 Å². The molecule has 3 rings (SSSR count). The summed E-state index contributed by atoms with van der Waals surface area (Å²) in [6.07, 6.45) is 11.4. The average Bonchev–Trinajstić information content (AvgIpc) is 2.69. The van der Waals surface area contributed by atoms with Gasteiger partial charge >= 0.3 is 0 Å². The molecule has 0 saturated heterocycles. The Morgan fingerprint density at radius 2 is 1.20 bits per heavy atom. The average molecular weight is 330 g/mol. The zero-order valence-corrected chi connectivity index (χ0v) is 15.0. The predicted molar refractivity (Wildman–Crippen MR) is 105 cm³/mol. The second-order valence-electron chi connectivity index (χ2n) is 6.51. The van der Waals surface area contributed by atoms with Crippen molar-refractivity contribution in [2.45, 2.75) is 45.4 Å². The van der Waals surface area contributed by atoms with E-state index in [0.717, 1.165) is 11.4 Å². The van der Waals surface area contributed by atoms with E-state index in [-0.39, 0.29) is 0 Å². The first-order valence-electron chi connectivity index (χ1n) is 9.33. The van der Waals surface area contributed by atoms with Crippen molar-refractivity contribution in [2.75, 3.05) is 0 Å². The predicted octanol–water partition coefficient (Wildman–Crippen LogP) is 6.32. The fourth-order valence-corrected chi connectivity index (χ4v) is 3.06. The Bertz CT molecular complexity index is 746. The van der Waals surface area contributed by atoms with Crippen LogP contribution in [0.15, 0.2) is 67.0 Å². The van der Waals surface area contributed by atoms with Crippen molar-refractivity contribution in [1.29, 1.82) is 0 Å². The molecule has 0 spiro atoms. The topological polar surface area (TPSA) is 25.8 Å². The van der Waals surface area contributed by atoms with Crippen LogP contribution in [0.4, 0.5) is 0 Å². The molecular weight excluding hydrogens is 304 g/mol. The summed E-state index contributed by atoms with van der Waals surface area (Å²) < 4.78 is 0. The maximum Gasteiger partial charge on any atom is 0.159 e. The van der Waals surface area contributed by atoms with Crippen molar-refractivity contribution < 1.29 is 0 Å². The lowest BCUT2D eigenvalue weighted by Gasteiger charge is -2.06. The van der Waals surface area contributed by atoms with E-state index < -0.39 is 0 Å². The van der Waals surface area contributed by atoms with Crippen LogP contribution in [0, 0.1) is 0 Å². The second-order valence-corrected chi connectivity index (χ2v) is 6.51. The van der Waals surface area contributed by atoms with Gasteiger partial charge in [0.05, 0.1) is 0 Å². The van der Waals surface area contributed by atoms with Gasteiger partial charge in [0.2, 0.25) is 0 Å². The molecule has 2 nitrogen and oxygen atoms in total. The van der Waals surface area contributed by atoms with Gasteiger partial charge in [0.25, 0.3) is 0 Å². The first kappa shape index (κ1) is 17.3. The fourth-order valence-electron chi connectivity index (χ4n) is 3.06. The van der Waals surface area contributed by atoms with E-state index in [9.17, 15) is 0 Å². The molecule has 128 valence electrons. The summed E-state index contributed by atoms with van der Waals surface area (Å²) in [5.74, 6) is 0.771. The van der Waals surface area contributed by atoms with Gasteiger partial charge in [0, 0.05) is 18.0 Å². The van der Waals surface area contributed by atoms with Crippen LogP contribution in [0.25, 0.3) is 22.5 Å². The number of hydrogen-bond acceptors (Lipinski definition) is 2. The number of rotatable bonds is 8. The molecule has 25 heavy (non-hydrogen) atoms. The highest BCUT2D eigenvalue weighted by molar-refractivity contribution is 5.67. The summed E-state index contributed by atoms with van der Waals surface area (Å²) in [6, 6.07) is 19.3. The molecule has 0 fully saturated rings. The van der Waals surface area contributed by atoms with Crippen molar-refractivity contribution in [3.8, 4) is 22.5 Å². The zero-order valence-electron chi connectivity index (χ0n) is 15.0. The Morgan fingerprint density at radius 3 is 1.84 bits per heavy atom. The van der Waals surface area contributed by atoms with Crippen LogP contribution < -0.4 is 0 Å². The van der Waals surface area contributed by atoms with Crippen LogP contribution in [-0.2, 0) is 6.42 Å². The van der Waals surface area contributed by atoms with Gasteiger partial charge in [-0.1, -0.05) is 81.1 Å². The van der Waals surface area contributed by atoms with E-state index in [2.05, 4.69) is 65.4 Å². The van der Waals surface area contributed by atoms with Crippen LogP contribution in [0.2, 0.25) is 0 Å². The van der Waals surface area contributed by atoms with E-state index in [0.29, 0.717) is 0 Å². The highest BCUT2D eigenvalue weighted by Gasteiger charge is 2.02. The number of nitrogens with zero attached hydrogens (tertiary/aromatic N) is 2. The molecule has 1 aromatic heterocycles. The minimum Gasteiger partial charge on any atom is -0.237 e. The molecule has 0 amide bonds. The Kier molecular flexibility index (Phi) is 6.33. The van der Waals surface area contributed by atoms with Crippen LogP contribution in [0.3, 0.4) is 0 Å². The van der Waals surface area contributed by atoms with Crippen molar-refractivity contribution in [3.05, 3.63) is 72.6 Å². The lowest BCUT2D eigenvalue weighted by atomic mass is 10.00. The van der Waals surface area contributed by atoms with Gasteiger partial charge < -0.3 is 0 Å². The number of aromatic nitrogens is 2. The zero-order chi connectivity index (χ0) is 17.3. The molecule has 3 aromatic rings. The van der Waals surface area contributed by atoms with E-state index in [4.69, 9.17) is 0 Å². The van der Waals surface area contributed by atoms with Gasteiger partial charge in [0.1, 0.15) is 0 Å². The van der Waals surface area contributed by atoms with Crippen LogP contribution >= 0.6 is 0 Å². The second kappa shape index (κ2) is 9.12. The van der Waals surface area contributed by atoms with Crippen LogP contribution in [0.1, 0.15) is 44.6 Å². The minimum atomic E-state index is 0.771. The molecule has 0 saturated carbocycles. The first-order chi connectivity index (χ1) is 12.4. The molecule has 1 heterocycles. The molecule has 2 aromatic carbocycles. The van der Waals surface area contributed by atoms with Crippen molar-refractivity contribution in [3.63, 3.8) is 0 Å². The third-order valence-electron chi connectivity index (χ3n) is 4.57. The van der Waals surface area contributed by atoms with Gasteiger partial charge in [-0.15, -0.1) is 0 Å². The van der Waals surface area contributed by atoms with Crippen molar-refractivity contribution in [2.24, 2.45) is 0 Å². The molecule has 0 atom stereocenters. The van der Waals surface area contributed by atoms with Crippen molar-refractivity contribution >= 4 is 0 Å². The smallest absolute Gasteiger partial charge is 0.159 e. The van der Waals surface area contributed by atoms with Gasteiger partial charge in [-0.25, -0.2) is 9.97 Å². The third-order valence-corrected chi connectivity index (χ3v) is 4.57. The maximum atomic E-state index is 4.30. The maximum absolute atomic E-state index is 4.30. The lowest BCUT2D eigenvalue weighted by Crippen LogP contribution is -1.88. The standard InChI is InChI=1S/C23H26N2/c1-2-3-4-5-6-8-19-9-11-20(12-10-19)21-13-15-22(16-14-21)23-24-17-7-18-25-23/h7,9-18H,2-6,8H2,1H3. The van der Waals surface area contributed by atoms with Gasteiger partial charge in [-0.2, -0.15) is 0 Å². The molecule has 0 radical (unpaired) electrons. The molecule has 0 N–H and O–H groups in total. The Balaban J connectivity index is 1.60. The fraction of sp³-hybridized carbons (Fsp3) is 0.304. The highest BCUT2D eigenvalue weighted by Crippen LogP contribution is 2.23. The van der Waals surface area contributed by atoms with Gasteiger partial charge in [-0.3, -0.25) is 0 Å². The summed E-state index contributed by atoms with van der Waals surface area (Å²) in [4.78, 5) is 8.60. The summed E-state index contributed by atoms with van der Waals surface area (Å²) >= 11 is 0. The Labute approximate surface area is 151 Å². The summed E-state index contributed by atoms with van der Waals surface area (Å²) in [5, 5.41) is 0. The van der Waals surface area contributed by atoms with E-state index >= 15 is 0 Å². The molecular formula is C23H26N2. The molecule has 0 aliphatic heterocycles. The lowest BCUT2D eigenvalue weighted by molar-refractivity contribution is 0.632. The van der Waals surface area contributed by atoms with E-state index in [1.165, 1.54) is 55.2 Å². The molecule has 0 aliphatic carbocycles. The van der Waals surface area contributed by atoms with E-state index in [1.54, 1.807) is 12.4 Å². The number of benzene rings is 2. The number of hydrogen-bond donors (Lipinski definition) is 0. The minimum absolute atomic E-state index is 0.771. The largest absolute Gasteiger partial charge is 0.237 e. The SMILES string of the molecule is CCCCCCCc1ccc(-c2ccc(-c3ncccn3)cc2)cc1. The van der Waals surface area contributed by atoms with Gasteiger partial charge in [0.15, 0.2) is 5.82 Å². The van der Waals surface area contributed by atoms with Crippen molar-refractivity contribution in [1.82, 2.24) is 9.97 Å². The monoisotopic (exact) mass is 330 g/mol. The summed E-state index contributed by atoms with van der Waals surface area (Å²) in [5.41, 5.74) is 4.98. The Morgan fingerprint density at radius 1 is 0.640 bits per heavy atom.